The zero-order chi connectivity index (χ0) is 34.0. The van der Waals surface area contributed by atoms with E-state index in [0.717, 1.165) is 11.4 Å². The zero-order valence-corrected chi connectivity index (χ0v) is 27.5. The van der Waals surface area contributed by atoms with Gasteiger partial charge in [0.1, 0.15) is 11.2 Å². The summed E-state index contributed by atoms with van der Waals surface area (Å²) >= 11 is 0. The zero-order valence-electron chi connectivity index (χ0n) is 27.5. The van der Waals surface area contributed by atoms with E-state index in [0.29, 0.717) is 0 Å². The van der Waals surface area contributed by atoms with Crippen molar-refractivity contribution < 1.29 is 19.5 Å². The van der Waals surface area contributed by atoms with Crippen LogP contribution in [0.3, 0.4) is 0 Å². The Hall–Kier alpha value is -5.49. The Morgan fingerprint density at radius 2 is 0.915 bits per heavy atom. The molecule has 0 aliphatic carbocycles. The minimum Gasteiger partial charge on any atom is -0.481 e. The lowest BCUT2D eigenvalue weighted by molar-refractivity contribution is -0.153. The maximum Gasteiger partial charge on any atom is 0.316 e. The average Bonchev–Trinajstić information content (AvgIpc) is 3.08. The predicted octanol–water partition coefficient (Wildman–Crippen LogP) is 9.48. The molecule has 47 heavy (non-hydrogen) atoms. The summed E-state index contributed by atoms with van der Waals surface area (Å²) in [4.78, 5) is 42.8. The molecule has 238 valence electrons. The van der Waals surface area contributed by atoms with Gasteiger partial charge >= 0.3 is 5.97 Å². The van der Waals surface area contributed by atoms with E-state index in [9.17, 15) is 14.4 Å². The van der Waals surface area contributed by atoms with Gasteiger partial charge in [0.2, 0.25) is 0 Å². The van der Waals surface area contributed by atoms with Gasteiger partial charge in [0.25, 0.3) is 0 Å². The van der Waals surface area contributed by atoms with E-state index in [1.54, 1.807) is 20.8 Å². The Morgan fingerprint density at radius 3 is 1.30 bits per heavy atom. The van der Waals surface area contributed by atoms with E-state index in [4.69, 9.17) is 5.11 Å². The third kappa shape index (κ3) is 8.82. The molecule has 0 fully saturated rings. The number of nitrogens with zero attached hydrogens (tertiary/aromatic N) is 2. The summed E-state index contributed by atoms with van der Waals surface area (Å²) in [5, 5.41) is 13.7. The first-order chi connectivity index (χ1) is 22.4. The van der Waals surface area contributed by atoms with Crippen molar-refractivity contribution in [3.05, 3.63) is 134 Å². The summed E-state index contributed by atoms with van der Waals surface area (Å²) in [6.07, 6.45) is 3.41. The van der Waals surface area contributed by atoms with Gasteiger partial charge in [-0.25, -0.2) is 0 Å². The Kier molecular flexibility index (Phi) is 11.1. The number of carbonyl (C=O) groups is 3. The van der Waals surface area contributed by atoms with Gasteiger partial charge in [-0.05, 0) is 36.8 Å². The lowest BCUT2D eigenvalue weighted by atomic mass is 9.80. The lowest BCUT2D eigenvalue weighted by Gasteiger charge is -2.21. The second-order valence-electron chi connectivity index (χ2n) is 12.7. The predicted molar refractivity (Wildman–Crippen MR) is 190 cm³/mol. The second kappa shape index (κ2) is 15.2. The molecule has 2 aromatic heterocycles. The summed E-state index contributed by atoms with van der Waals surface area (Å²) in [6, 6.07) is 41.3. The fourth-order valence-corrected chi connectivity index (χ4v) is 4.64. The summed E-state index contributed by atoms with van der Waals surface area (Å²) < 4.78 is 0. The van der Waals surface area contributed by atoms with E-state index in [2.05, 4.69) is 82.8 Å². The number of pyridine rings is 2. The molecule has 6 heteroatoms. The molecular weight excluding hydrogens is 584 g/mol. The normalized spacial score (nSPS) is 11.1. The highest BCUT2D eigenvalue weighted by Gasteiger charge is 2.38. The minimum atomic E-state index is -1.49. The third-order valence-electron chi connectivity index (χ3n) is 7.83. The van der Waals surface area contributed by atoms with Crippen LogP contribution in [0.15, 0.2) is 134 Å². The number of hydrogen-bond acceptors (Lipinski definition) is 5. The number of Topliss-reactive ketones (excluding diaryl/α,β-unsaturated/α-hetero) is 2. The van der Waals surface area contributed by atoms with Crippen molar-refractivity contribution in [1.29, 1.82) is 0 Å². The highest BCUT2D eigenvalue weighted by molar-refractivity contribution is 6.11. The molecule has 0 radical (unpaired) electrons. The summed E-state index contributed by atoms with van der Waals surface area (Å²) in [5.74, 6) is -1.98. The van der Waals surface area contributed by atoms with Crippen molar-refractivity contribution in [2.24, 2.45) is 10.8 Å². The quantitative estimate of drug-likeness (QED) is 0.185. The van der Waals surface area contributed by atoms with Crippen LogP contribution >= 0.6 is 0 Å². The monoisotopic (exact) mass is 624 g/mol. The smallest absolute Gasteiger partial charge is 0.316 e. The molecule has 0 amide bonds. The molecule has 0 bridgehead atoms. The minimum absolute atomic E-state index is 0.234. The van der Waals surface area contributed by atoms with Gasteiger partial charge in [0.15, 0.2) is 5.78 Å². The van der Waals surface area contributed by atoms with E-state index in [1.165, 1.54) is 46.5 Å². The molecule has 1 N–H and O–H groups in total. The summed E-state index contributed by atoms with van der Waals surface area (Å²) in [7, 11) is 0. The first kappa shape index (κ1) is 34.4. The van der Waals surface area contributed by atoms with Crippen LogP contribution in [-0.4, -0.2) is 32.6 Å². The highest BCUT2D eigenvalue weighted by Crippen LogP contribution is 2.27. The van der Waals surface area contributed by atoms with Gasteiger partial charge in [-0.2, -0.15) is 0 Å². The fourth-order valence-electron chi connectivity index (χ4n) is 4.64. The Balaban J connectivity index is 0.000000160. The molecule has 0 saturated heterocycles. The van der Waals surface area contributed by atoms with Crippen LogP contribution in [0.25, 0.3) is 44.1 Å². The lowest BCUT2D eigenvalue weighted by Crippen LogP contribution is -2.36. The molecule has 0 atom stereocenters. The molecular formula is C41H40N2O4. The molecule has 6 rings (SSSR count). The number of aromatic nitrogens is 2. The topological polar surface area (TPSA) is 97.2 Å². The molecule has 0 unspecified atom stereocenters. The van der Waals surface area contributed by atoms with Crippen molar-refractivity contribution in [2.45, 2.75) is 41.0 Å². The number of benzene rings is 4. The van der Waals surface area contributed by atoms with Crippen molar-refractivity contribution in [3.8, 4) is 22.5 Å². The second-order valence-corrected chi connectivity index (χ2v) is 12.7. The van der Waals surface area contributed by atoms with Crippen LogP contribution in [0, 0.1) is 10.8 Å². The number of rotatable bonds is 6. The van der Waals surface area contributed by atoms with E-state index in [-0.39, 0.29) is 12.2 Å². The Morgan fingerprint density at radius 1 is 0.532 bits per heavy atom. The van der Waals surface area contributed by atoms with Crippen molar-refractivity contribution >= 4 is 39.1 Å². The number of fused-ring (bicyclic) bond motifs is 2. The standard InChI is InChI=1S/2C15H11N.C11H18O4/c2*1-2-7-13(8-3-1)15-14-9-5-4-6-12(14)10-11-16-15;1-10(2,3)7(12)6-8(13)11(4,5)9(14)15/h2*1-11H;6H2,1-5H3,(H,14,15). The molecule has 0 saturated carbocycles. The van der Waals surface area contributed by atoms with E-state index >= 15 is 0 Å². The van der Waals surface area contributed by atoms with Gasteiger partial charge in [-0.1, -0.05) is 130 Å². The first-order valence-electron chi connectivity index (χ1n) is 15.5. The van der Waals surface area contributed by atoms with Crippen LogP contribution in [0.4, 0.5) is 0 Å². The van der Waals surface area contributed by atoms with Crippen LogP contribution in [0.5, 0.6) is 0 Å². The molecule has 4 aromatic carbocycles. The summed E-state index contributed by atoms with van der Waals surface area (Å²) in [6.45, 7) is 7.74. The van der Waals surface area contributed by atoms with Gasteiger partial charge in [0, 0.05) is 39.7 Å². The van der Waals surface area contributed by atoms with Crippen LogP contribution in [0.1, 0.15) is 41.0 Å². The highest BCUT2D eigenvalue weighted by atomic mass is 16.4. The number of carboxylic acid groups (broad SMARTS) is 1. The maximum atomic E-state index is 11.6. The molecule has 0 aliphatic rings. The van der Waals surface area contributed by atoms with Crippen molar-refractivity contribution in [3.63, 3.8) is 0 Å². The van der Waals surface area contributed by atoms with Crippen molar-refractivity contribution in [1.82, 2.24) is 9.97 Å². The van der Waals surface area contributed by atoms with Crippen LogP contribution < -0.4 is 0 Å². The van der Waals surface area contributed by atoms with Gasteiger partial charge in [0.05, 0.1) is 17.8 Å². The molecule has 0 aliphatic heterocycles. The Bertz CT molecular complexity index is 1850. The molecule has 2 heterocycles. The number of carbonyl (C=O) groups excluding carboxylic acids is 2. The number of ketones is 2. The molecule has 6 nitrogen and oxygen atoms in total. The number of carboxylic acids is 1. The summed E-state index contributed by atoms with van der Waals surface area (Å²) in [5.41, 5.74) is 2.35. The number of aliphatic carboxylic acids is 1. The maximum absolute atomic E-state index is 11.6. The van der Waals surface area contributed by atoms with Gasteiger partial charge < -0.3 is 5.11 Å². The third-order valence-corrected chi connectivity index (χ3v) is 7.83. The fraction of sp³-hybridized carbons (Fsp3) is 0.195. The van der Waals surface area contributed by atoms with Crippen LogP contribution in [-0.2, 0) is 14.4 Å². The van der Waals surface area contributed by atoms with Gasteiger partial charge in [-0.15, -0.1) is 0 Å². The largest absolute Gasteiger partial charge is 0.481 e. The van der Waals surface area contributed by atoms with E-state index < -0.39 is 22.6 Å². The van der Waals surface area contributed by atoms with E-state index in [1.807, 2.05) is 60.9 Å². The SMILES string of the molecule is CC(C)(C)C(=O)CC(=O)C(C)(C)C(=O)O.c1ccc(-c2nccc3ccccc23)cc1.c1ccc(-c2nccc3ccccc23)cc1. The van der Waals surface area contributed by atoms with Crippen LogP contribution in [0.2, 0.25) is 0 Å². The Labute approximate surface area is 276 Å². The van der Waals surface area contributed by atoms with Gasteiger partial charge in [-0.3, -0.25) is 24.4 Å². The van der Waals surface area contributed by atoms with Crippen molar-refractivity contribution in [2.75, 3.05) is 0 Å². The average molecular weight is 625 g/mol. The molecule has 6 aromatic rings. The first-order valence-corrected chi connectivity index (χ1v) is 15.5. The molecule has 0 spiro atoms. The number of hydrogen-bond donors (Lipinski definition) is 1.